The number of methoxy groups -OCH3 is 1. The first kappa shape index (κ1) is 20.0. The van der Waals surface area contributed by atoms with Gasteiger partial charge >= 0.3 is 0 Å². The zero-order chi connectivity index (χ0) is 19.5. The van der Waals surface area contributed by atoms with E-state index in [0.717, 1.165) is 11.3 Å². The van der Waals surface area contributed by atoms with E-state index in [4.69, 9.17) is 9.47 Å². The Bertz CT molecular complexity index is 774. The summed E-state index contributed by atoms with van der Waals surface area (Å²) in [5.41, 5.74) is 3.83. The third-order valence-corrected chi connectivity index (χ3v) is 3.55. The van der Waals surface area contributed by atoms with E-state index in [1.165, 1.54) is 0 Å². The van der Waals surface area contributed by atoms with Gasteiger partial charge in [0.2, 0.25) is 5.91 Å². The summed E-state index contributed by atoms with van der Waals surface area (Å²) in [5, 5.41) is 6.72. The smallest absolute Gasteiger partial charge is 0.277 e. The number of carbonyl (C=O) groups excluding carboxylic acids is 2. The molecule has 2 aromatic rings. The molecule has 2 rings (SSSR count). The van der Waals surface area contributed by atoms with E-state index < -0.39 is 5.91 Å². The lowest BCUT2D eigenvalue weighted by atomic mass is 10.2. The molecule has 0 bridgehead atoms. The highest BCUT2D eigenvalue weighted by Gasteiger charge is 2.06. The highest BCUT2D eigenvalue weighted by atomic mass is 16.5. The van der Waals surface area contributed by atoms with E-state index in [1.54, 1.807) is 26.2 Å². The summed E-state index contributed by atoms with van der Waals surface area (Å²) in [6.45, 7) is 1.93. The van der Waals surface area contributed by atoms with Crippen molar-refractivity contribution in [3.8, 4) is 11.5 Å². The number of nitrogens with zero attached hydrogens (tertiary/aromatic N) is 1. The predicted molar refractivity (Wildman–Crippen MR) is 103 cm³/mol. The van der Waals surface area contributed by atoms with Crippen LogP contribution in [-0.2, 0) is 16.1 Å². The van der Waals surface area contributed by atoms with Crippen molar-refractivity contribution in [2.24, 2.45) is 5.10 Å². The summed E-state index contributed by atoms with van der Waals surface area (Å²) in [6.07, 6.45) is 0.0932. The Hall–Kier alpha value is -3.35. The molecule has 0 aromatic heterocycles. The van der Waals surface area contributed by atoms with Crippen LogP contribution in [0.2, 0.25) is 0 Å². The van der Waals surface area contributed by atoms with Crippen LogP contribution in [0.15, 0.2) is 59.7 Å². The molecule has 0 saturated heterocycles. The Morgan fingerprint density at radius 1 is 0.963 bits per heavy atom. The molecule has 2 amide bonds. The number of para-hydroxylation sites is 1. The van der Waals surface area contributed by atoms with Crippen LogP contribution < -0.4 is 20.2 Å². The van der Waals surface area contributed by atoms with Crippen molar-refractivity contribution in [1.82, 2.24) is 10.7 Å². The van der Waals surface area contributed by atoms with Gasteiger partial charge in [0, 0.05) is 12.3 Å². The minimum Gasteiger partial charge on any atom is -0.497 e. The molecular formula is C20H23N3O4. The molecular weight excluding hydrogens is 346 g/mol. The molecule has 2 aromatic carbocycles. The van der Waals surface area contributed by atoms with E-state index in [2.05, 4.69) is 15.8 Å². The van der Waals surface area contributed by atoms with Gasteiger partial charge in [-0.2, -0.15) is 5.10 Å². The van der Waals surface area contributed by atoms with Crippen molar-refractivity contribution in [3.63, 3.8) is 0 Å². The summed E-state index contributed by atoms with van der Waals surface area (Å²) in [5.74, 6) is 0.796. The first-order valence-corrected chi connectivity index (χ1v) is 8.46. The van der Waals surface area contributed by atoms with Crippen molar-refractivity contribution in [3.05, 3.63) is 60.2 Å². The maximum Gasteiger partial charge on any atom is 0.277 e. The van der Waals surface area contributed by atoms with E-state index in [0.29, 0.717) is 18.0 Å². The average molecular weight is 369 g/mol. The fourth-order valence-corrected chi connectivity index (χ4v) is 2.13. The predicted octanol–water partition coefficient (Wildman–Crippen LogP) is 2.27. The summed E-state index contributed by atoms with van der Waals surface area (Å²) in [7, 11) is 1.60. The SMILES string of the molecule is COc1ccc(CNC(=O)C/C(C)=N\NC(=O)COc2ccccc2)cc1. The molecule has 27 heavy (non-hydrogen) atoms. The molecule has 0 radical (unpaired) electrons. The number of hydrazone groups is 1. The molecule has 0 heterocycles. The zero-order valence-electron chi connectivity index (χ0n) is 15.4. The van der Waals surface area contributed by atoms with E-state index in [-0.39, 0.29) is 18.9 Å². The monoisotopic (exact) mass is 369 g/mol. The van der Waals surface area contributed by atoms with Gasteiger partial charge in [0.05, 0.1) is 13.5 Å². The normalized spacial score (nSPS) is 10.8. The van der Waals surface area contributed by atoms with E-state index >= 15 is 0 Å². The van der Waals surface area contributed by atoms with Crippen LogP contribution in [0.25, 0.3) is 0 Å². The second-order valence-corrected chi connectivity index (χ2v) is 5.79. The Morgan fingerprint density at radius 3 is 2.33 bits per heavy atom. The standard InChI is InChI=1S/C20H23N3O4/c1-15(22-23-20(25)14-27-18-6-4-3-5-7-18)12-19(24)21-13-16-8-10-17(26-2)11-9-16/h3-11H,12-14H2,1-2H3,(H,21,24)(H,23,25)/b22-15-. The summed E-state index contributed by atoms with van der Waals surface area (Å²) < 4.78 is 10.4. The minimum atomic E-state index is -0.392. The third-order valence-electron chi connectivity index (χ3n) is 3.55. The number of hydrogen-bond donors (Lipinski definition) is 2. The molecule has 0 saturated carbocycles. The van der Waals surface area contributed by atoms with Crippen LogP contribution in [0.1, 0.15) is 18.9 Å². The zero-order valence-corrected chi connectivity index (χ0v) is 15.4. The Morgan fingerprint density at radius 2 is 1.67 bits per heavy atom. The van der Waals surface area contributed by atoms with Crippen LogP contribution in [-0.4, -0.2) is 31.2 Å². The van der Waals surface area contributed by atoms with Gasteiger partial charge in [-0.25, -0.2) is 5.43 Å². The van der Waals surface area contributed by atoms with Crippen molar-refractivity contribution < 1.29 is 19.1 Å². The van der Waals surface area contributed by atoms with Gasteiger partial charge < -0.3 is 14.8 Å². The Kier molecular flexibility index (Phi) is 7.84. The molecule has 0 unspecified atom stereocenters. The molecule has 2 N–H and O–H groups in total. The van der Waals surface area contributed by atoms with Crippen LogP contribution in [0.5, 0.6) is 11.5 Å². The van der Waals surface area contributed by atoms with Crippen LogP contribution in [0, 0.1) is 0 Å². The number of rotatable bonds is 9. The first-order chi connectivity index (χ1) is 13.1. The van der Waals surface area contributed by atoms with Gasteiger partial charge in [0.25, 0.3) is 5.91 Å². The van der Waals surface area contributed by atoms with Crippen molar-refractivity contribution in [2.45, 2.75) is 19.9 Å². The number of carbonyl (C=O) groups is 2. The van der Waals surface area contributed by atoms with Crippen LogP contribution in [0.3, 0.4) is 0 Å². The lowest BCUT2D eigenvalue weighted by molar-refractivity contribution is -0.123. The van der Waals surface area contributed by atoms with E-state index in [9.17, 15) is 9.59 Å². The van der Waals surface area contributed by atoms with Gasteiger partial charge in [-0.3, -0.25) is 9.59 Å². The van der Waals surface area contributed by atoms with Gasteiger partial charge in [-0.05, 0) is 36.8 Å². The number of nitrogens with one attached hydrogen (secondary N) is 2. The topological polar surface area (TPSA) is 89.0 Å². The number of ether oxygens (including phenoxy) is 2. The average Bonchev–Trinajstić information content (AvgIpc) is 2.70. The van der Waals surface area contributed by atoms with Crippen molar-refractivity contribution in [1.29, 1.82) is 0 Å². The molecule has 0 atom stereocenters. The van der Waals surface area contributed by atoms with Gasteiger partial charge in [-0.1, -0.05) is 30.3 Å². The summed E-state index contributed by atoms with van der Waals surface area (Å²) in [4.78, 5) is 23.7. The molecule has 0 fully saturated rings. The first-order valence-electron chi connectivity index (χ1n) is 8.46. The molecule has 7 heteroatoms. The van der Waals surface area contributed by atoms with Crippen LogP contribution >= 0.6 is 0 Å². The fourth-order valence-electron chi connectivity index (χ4n) is 2.13. The summed E-state index contributed by atoms with van der Waals surface area (Å²) in [6, 6.07) is 16.5. The lowest BCUT2D eigenvalue weighted by Gasteiger charge is -2.07. The molecule has 142 valence electrons. The fraction of sp³-hybridized carbons (Fsp3) is 0.250. The number of hydrogen-bond acceptors (Lipinski definition) is 5. The van der Waals surface area contributed by atoms with Crippen LogP contribution in [0.4, 0.5) is 0 Å². The molecule has 0 spiro atoms. The molecule has 7 nitrogen and oxygen atoms in total. The van der Waals surface area contributed by atoms with Crippen molar-refractivity contribution >= 4 is 17.5 Å². The molecule has 0 aliphatic carbocycles. The summed E-state index contributed by atoms with van der Waals surface area (Å²) >= 11 is 0. The Labute approximate surface area is 158 Å². The van der Waals surface area contributed by atoms with Gasteiger partial charge in [0.1, 0.15) is 11.5 Å². The van der Waals surface area contributed by atoms with Crippen molar-refractivity contribution in [2.75, 3.05) is 13.7 Å². The maximum absolute atomic E-state index is 12.0. The maximum atomic E-state index is 12.0. The highest BCUT2D eigenvalue weighted by Crippen LogP contribution is 2.11. The molecule has 0 aliphatic rings. The molecule has 0 aliphatic heterocycles. The largest absolute Gasteiger partial charge is 0.497 e. The lowest BCUT2D eigenvalue weighted by Crippen LogP contribution is -2.28. The quantitative estimate of drug-likeness (QED) is 0.524. The Balaban J connectivity index is 1.68. The number of benzene rings is 2. The number of amides is 2. The minimum absolute atomic E-state index is 0.0932. The van der Waals surface area contributed by atoms with Gasteiger partial charge in [0.15, 0.2) is 6.61 Å². The van der Waals surface area contributed by atoms with Gasteiger partial charge in [-0.15, -0.1) is 0 Å². The third kappa shape index (κ3) is 7.60. The second kappa shape index (κ2) is 10.6. The highest BCUT2D eigenvalue weighted by molar-refractivity contribution is 6.00. The van der Waals surface area contributed by atoms with E-state index in [1.807, 2.05) is 42.5 Å². The second-order valence-electron chi connectivity index (χ2n) is 5.79.